The number of nitrogens with zero attached hydrogens (tertiary/aromatic N) is 1. The SMILES string of the molecule is CCOC(=O)N1[C@@H]2CC[C@@H]1CC(=O)C2. The normalized spacial score (nSPS) is 30.6. The molecule has 2 heterocycles. The summed E-state index contributed by atoms with van der Waals surface area (Å²) < 4.78 is 4.97. The molecule has 2 saturated heterocycles. The first-order valence-corrected chi connectivity index (χ1v) is 5.19. The van der Waals surface area contributed by atoms with E-state index in [1.807, 2.05) is 0 Å². The number of ketones is 1. The number of rotatable bonds is 1. The van der Waals surface area contributed by atoms with Crippen molar-refractivity contribution in [2.75, 3.05) is 6.61 Å². The number of Topliss-reactive ketones (excluding diaryl/α,β-unsaturated/α-hetero) is 1. The van der Waals surface area contributed by atoms with Gasteiger partial charge in [0.2, 0.25) is 0 Å². The standard InChI is InChI=1S/C10H15NO3/c1-2-14-10(13)11-7-3-4-8(11)6-9(12)5-7/h7-8H,2-6H2,1H3/t7-,8-/m1/s1. The van der Waals surface area contributed by atoms with Gasteiger partial charge in [-0.1, -0.05) is 0 Å². The highest BCUT2D eigenvalue weighted by Gasteiger charge is 2.43. The minimum Gasteiger partial charge on any atom is -0.450 e. The van der Waals surface area contributed by atoms with Gasteiger partial charge >= 0.3 is 6.09 Å². The van der Waals surface area contributed by atoms with Crippen molar-refractivity contribution in [2.45, 2.75) is 44.7 Å². The van der Waals surface area contributed by atoms with Gasteiger partial charge in [0.05, 0.1) is 6.61 Å². The fraction of sp³-hybridized carbons (Fsp3) is 0.800. The van der Waals surface area contributed by atoms with Gasteiger partial charge < -0.3 is 9.64 Å². The summed E-state index contributed by atoms with van der Waals surface area (Å²) in [5.41, 5.74) is 0. The van der Waals surface area contributed by atoms with Crippen LogP contribution in [0.15, 0.2) is 0 Å². The lowest BCUT2D eigenvalue weighted by Gasteiger charge is -2.32. The number of carbonyl (C=O) groups excluding carboxylic acids is 2. The molecule has 2 rings (SSSR count). The van der Waals surface area contributed by atoms with Crippen LogP contribution in [0.2, 0.25) is 0 Å². The third-order valence-electron chi connectivity index (χ3n) is 3.03. The van der Waals surface area contributed by atoms with Gasteiger partial charge in [0.15, 0.2) is 0 Å². The van der Waals surface area contributed by atoms with Gasteiger partial charge in [-0.2, -0.15) is 0 Å². The quantitative estimate of drug-likeness (QED) is 0.637. The molecule has 2 bridgehead atoms. The number of piperidine rings is 1. The zero-order valence-electron chi connectivity index (χ0n) is 8.36. The lowest BCUT2D eigenvalue weighted by molar-refractivity contribution is -0.123. The molecule has 0 spiro atoms. The summed E-state index contributed by atoms with van der Waals surface area (Å²) in [7, 11) is 0. The molecule has 4 nitrogen and oxygen atoms in total. The maximum absolute atomic E-state index is 11.6. The van der Waals surface area contributed by atoms with Gasteiger partial charge in [-0.25, -0.2) is 4.79 Å². The second-order valence-electron chi connectivity index (χ2n) is 3.94. The Balaban J connectivity index is 2.07. The summed E-state index contributed by atoms with van der Waals surface area (Å²) >= 11 is 0. The number of hydrogen-bond acceptors (Lipinski definition) is 3. The van der Waals surface area contributed by atoms with E-state index >= 15 is 0 Å². The van der Waals surface area contributed by atoms with E-state index in [2.05, 4.69) is 0 Å². The first-order valence-electron chi connectivity index (χ1n) is 5.19. The topological polar surface area (TPSA) is 46.6 Å². The van der Waals surface area contributed by atoms with E-state index in [9.17, 15) is 9.59 Å². The number of carbonyl (C=O) groups is 2. The van der Waals surface area contributed by atoms with Crippen LogP contribution in [0.5, 0.6) is 0 Å². The van der Waals surface area contributed by atoms with Crippen molar-refractivity contribution in [1.29, 1.82) is 0 Å². The average molecular weight is 197 g/mol. The monoisotopic (exact) mass is 197 g/mol. The van der Waals surface area contributed by atoms with Crippen molar-refractivity contribution in [3.63, 3.8) is 0 Å². The first kappa shape index (κ1) is 9.49. The Hall–Kier alpha value is -1.06. The van der Waals surface area contributed by atoms with Gasteiger partial charge in [0.25, 0.3) is 0 Å². The minimum atomic E-state index is -0.243. The fourth-order valence-electron chi connectivity index (χ4n) is 2.47. The lowest BCUT2D eigenvalue weighted by Crippen LogP contribution is -2.46. The minimum absolute atomic E-state index is 0.111. The molecule has 0 unspecified atom stereocenters. The third kappa shape index (κ3) is 1.49. The van der Waals surface area contributed by atoms with E-state index in [1.54, 1.807) is 11.8 Å². The van der Waals surface area contributed by atoms with Crippen molar-refractivity contribution in [3.8, 4) is 0 Å². The Labute approximate surface area is 83.2 Å². The Kier molecular flexibility index (Phi) is 2.44. The van der Waals surface area contributed by atoms with Crippen LogP contribution in [0.4, 0.5) is 4.79 Å². The van der Waals surface area contributed by atoms with E-state index in [0.29, 0.717) is 19.4 Å². The molecule has 0 aliphatic carbocycles. The van der Waals surface area contributed by atoms with Crippen LogP contribution in [0.25, 0.3) is 0 Å². The van der Waals surface area contributed by atoms with E-state index in [0.717, 1.165) is 12.8 Å². The molecule has 0 aromatic carbocycles. The fourth-order valence-corrected chi connectivity index (χ4v) is 2.47. The van der Waals surface area contributed by atoms with Crippen LogP contribution in [0.3, 0.4) is 0 Å². The summed E-state index contributed by atoms with van der Waals surface area (Å²) in [6, 6.07) is 0.223. The molecule has 2 aliphatic rings. The molecule has 4 heteroatoms. The van der Waals surface area contributed by atoms with Crippen LogP contribution in [-0.4, -0.2) is 35.5 Å². The predicted octanol–water partition coefficient (Wildman–Crippen LogP) is 1.34. The Morgan fingerprint density at radius 2 is 2.00 bits per heavy atom. The molecule has 0 aromatic rings. The van der Waals surface area contributed by atoms with Crippen molar-refractivity contribution in [2.24, 2.45) is 0 Å². The number of ether oxygens (including phenoxy) is 1. The number of fused-ring (bicyclic) bond motifs is 2. The van der Waals surface area contributed by atoms with Crippen LogP contribution in [0, 0.1) is 0 Å². The molecule has 2 atom stereocenters. The van der Waals surface area contributed by atoms with Gasteiger partial charge in [0, 0.05) is 24.9 Å². The number of amides is 1. The maximum Gasteiger partial charge on any atom is 0.410 e. The summed E-state index contributed by atoms with van der Waals surface area (Å²) in [4.78, 5) is 24.6. The Morgan fingerprint density at radius 1 is 1.43 bits per heavy atom. The molecule has 14 heavy (non-hydrogen) atoms. The Morgan fingerprint density at radius 3 is 2.50 bits per heavy atom. The molecular formula is C10H15NO3. The van der Waals surface area contributed by atoms with Crippen LogP contribution >= 0.6 is 0 Å². The van der Waals surface area contributed by atoms with Gasteiger partial charge in [-0.05, 0) is 19.8 Å². The molecular weight excluding hydrogens is 182 g/mol. The summed E-state index contributed by atoms with van der Waals surface area (Å²) in [6.07, 6.45) is 2.71. The van der Waals surface area contributed by atoms with Crippen LogP contribution < -0.4 is 0 Å². The van der Waals surface area contributed by atoms with E-state index in [-0.39, 0.29) is 24.0 Å². The zero-order chi connectivity index (χ0) is 10.1. The largest absolute Gasteiger partial charge is 0.450 e. The smallest absolute Gasteiger partial charge is 0.410 e. The van der Waals surface area contributed by atoms with Crippen molar-refractivity contribution >= 4 is 11.9 Å². The van der Waals surface area contributed by atoms with Gasteiger partial charge in [-0.15, -0.1) is 0 Å². The summed E-state index contributed by atoms with van der Waals surface area (Å²) in [5, 5.41) is 0. The van der Waals surface area contributed by atoms with Gasteiger partial charge in [-0.3, -0.25) is 4.79 Å². The second kappa shape index (κ2) is 3.59. The van der Waals surface area contributed by atoms with Crippen LogP contribution in [-0.2, 0) is 9.53 Å². The van der Waals surface area contributed by atoms with Crippen molar-refractivity contribution < 1.29 is 14.3 Å². The third-order valence-corrected chi connectivity index (χ3v) is 3.03. The van der Waals surface area contributed by atoms with E-state index in [4.69, 9.17) is 4.74 Å². The predicted molar refractivity (Wildman–Crippen MR) is 49.9 cm³/mol. The molecule has 78 valence electrons. The lowest BCUT2D eigenvalue weighted by atomic mass is 10.0. The van der Waals surface area contributed by atoms with Crippen molar-refractivity contribution in [1.82, 2.24) is 4.90 Å². The second-order valence-corrected chi connectivity index (χ2v) is 3.94. The highest BCUT2D eigenvalue weighted by Crippen LogP contribution is 2.34. The molecule has 0 aromatic heterocycles. The highest BCUT2D eigenvalue weighted by molar-refractivity contribution is 5.83. The average Bonchev–Trinajstić information content (AvgIpc) is 2.39. The molecule has 0 radical (unpaired) electrons. The molecule has 2 aliphatic heterocycles. The molecule has 2 fully saturated rings. The Bertz CT molecular complexity index is 248. The maximum atomic E-state index is 11.6. The number of hydrogen-bond donors (Lipinski definition) is 0. The zero-order valence-corrected chi connectivity index (χ0v) is 8.36. The summed E-state index contributed by atoms with van der Waals surface area (Å²) in [5.74, 6) is 0.290. The van der Waals surface area contributed by atoms with E-state index in [1.165, 1.54) is 0 Å². The molecule has 1 amide bonds. The summed E-state index contributed by atoms with van der Waals surface area (Å²) in [6.45, 7) is 2.21. The van der Waals surface area contributed by atoms with E-state index < -0.39 is 0 Å². The first-order chi connectivity index (χ1) is 6.72. The molecule has 0 saturated carbocycles. The molecule has 0 N–H and O–H groups in total. The van der Waals surface area contributed by atoms with Crippen LogP contribution in [0.1, 0.15) is 32.6 Å². The highest BCUT2D eigenvalue weighted by atomic mass is 16.6. The van der Waals surface area contributed by atoms with Gasteiger partial charge in [0.1, 0.15) is 5.78 Å². The van der Waals surface area contributed by atoms with Crippen molar-refractivity contribution in [3.05, 3.63) is 0 Å².